The molecule has 0 bridgehead atoms. The second-order valence-corrected chi connectivity index (χ2v) is 5.12. The van der Waals surface area contributed by atoms with Crippen LogP contribution in [0.15, 0.2) is 18.2 Å². The van der Waals surface area contributed by atoms with E-state index in [0.29, 0.717) is 5.02 Å². The average molecular weight is 257 g/mol. The largest absolute Gasteiger partial charge is 0.443 e. The maximum atomic E-state index is 11.4. The number of amides is 1. The van der Waals surface area contributed by atoms with E-state index in [1.165, 1.54) is 0 Å². The number of carbonyl (C=O) groups excluding carboxylic acids is 1. The molecule has 1 aromatic carbocycles. The van der Waals surface area contributed by atoms with Gasteiger partial charge >= 0.3 is 6.09 Å². The molecule has 0 fully saturated rings. The molecule has 0 spiro atoms. The summed E-state index contributed by atoms with van der Waals surface area (Å²) in [7, 11) is 0. The topological polar surface area (TPSA) is 50.4 Å². The molecule has 0 heterocycles. The van der Waals surface area contributed by atoms with Crippen molar-refractivity contribution in [3.8, 4) is 0 Å². The number of nitrogens with one attached hydrogen (secondary N) is 2. The van der Waals surface area contributed by atoms with Gasteiger partial charge in [0.25, 0.3) is 0 Å². The van der Waals surface area contributed by atoms with E-state index in [9.17, 15) is 4.79 Å². The van der Waals surface area contributed by atoms with Gasteiger partial charge in [0.15, 0.2) is 0 Å². The quantitative estimate of drug-likeness (QED) is 0.797. The Kier molecular flexibility index (Phi) is 4.23. The second-order valence-electron chi connectivity index (χ2n) is 4.72. The molecule has 0 unspecified atom stereocenters. The Labute approximate surface area is 106 Å². The number of ether oxygens (including phenoxy) is 1. The molecule has 0 atom stereocenters. The third kappa shape index (κ3) is 4.95. The number of halogens is 1. The van der Waals surface area contributed by atoms with Gasteiger partial charge in [0.05, 0.1) is 5.69 Å². The van der Waals surface area contributed by atoms with Crippen molar-refractivity contribution in [2.45, 2.75) is 33.3 Å². The summed E-state index contributed by atoms with van der Waals surface area (Å²) in [6.07, 6.45) is -0.523. The van der Waals surface area contributed by atoms with E-state index in [0.717, 1.165) is 11.3 Å². The molecule has 0 saturated carbocycles. The molecule has 0 aromatic heterocycles. The van der Waals surface area contributed by atoms with Crippen molar-refractivity contribution in [2.24, 2.45) is 0 Å². The number of aryl methyl sites for hydroxylation is 1. The van der Waals surface area contributed by atoms with Gasteiger partial charge in [-0.05, 0) is 51.5 Å². The van der Waals surface area contributed by atoms with Gasteiger partial charge in [-0.3, -0.25) is 5.43 Å². The van der Waals surface area contributed by atoms with Crippen LogP contribution in [0.4, 0.5) is 10.5 Å². The zero-order chi connectivity index (χ0) is 13.1. The molecule has 0 aliphatic heterocycles. The van der Waals surface area contributed by atoms with Gasteiger partial charge in [0.1, 0.15) is 5.60 Å². The minimum absolute atomic E-state index is 0.512. The second kappa shape index (κ2) is 5.27. The van der Waals surface area contributed by atoms with Crippen LogP contribution in [0.2, 0.25) is 5.02 Å². The van der Waals surface area contributed by atoms with Crippen LogP contribution in [0, 0.1) is 6.92 Å². The molecule has 2 N–H and O–H groups in total. The predicted molar refractivity (Wildman–Crippen MR) is 69.2 cm³/mol. The lowest BCUT2D eigenvalue weighted by Gasteiger charge is -2.20. The first-order chi connectivity index (χ1) is 7.78. The summed E-state index contributed by atoms with van der Waals surface area (Å²) in [6.45, 7) is 7.30. The van der Waals surface area contributed by atoms with Gasteiger partial charge in [-0.15, -0.1) is 0 Å². The summed E-state index contributed by atoms with van der Waals surface area (Å²) < 4.78 is 5.07. The first-order valence-electron chi connectivity index (χ1n) is 5.29. The molecule has 1 rings (SSSR count). The van der Waals surface area contributed by atoms with E-state index >= 15 is 0 Å². The minimum atomic E-state index is -0.523. The summed E-state index contributed by atoms with van der Waals surface area (Å²) in [6, 6.07) is 5.36. The van der Waals surface area contributed by atoms with Gasteiger partial charge in [0, 0.05) is 5.02 Å². The zero-order valence-electron chi connectivity index (χ0n) is 10.4. The lowest BCUT2D eigenvalue weighted by Crippen LogP contribution is -2.35. The van der Waals surface area contributed by atoms with E-state index in [4.69, 9.17) is 16.3 Å². The number of anilines is 1. The molecule has 0 aliphatic rings. The van der Waals surface area contributed by atoms with Crippen molar-refractivity contribution in [1.29, 1.82) is 0 Å². The zero-order valence-corrected chi connectivity index (χ0v) is 11.2. The fourth-order valence-electron chi connectivity index (χ4n) is 1.15. The number of hydrogen-bond donors (Lipinski definition) is 2. The lowest BCUT2D eigenvalue weighted by molar-refractivity contribution is 0.0541. The van der Waals surface area contributed by atoms with Crippen LogP contribution in [0.25, 0.3) is 0 Å². The van der Waals surface area contributed by atoms with Gasteiger partial charge in [-0.2, -0.15) is 0 Å². The van der Waals surface area contributed by atoms with E-state index in [-0.39, 0.29) is 0 Å². The molecular formula is C12H17ClN2O2. The van der Waals surface area contributed by atoms with Gasteiger partial charge in [-0.1, -0.05) is 11.6 Å². The first kappa shape index (κ1) is 13.6. The monoisotopic (exact) mass is 256 g/mol. The number of carbonyl (C=O) groups is 1. The van der Waals surface area contributed by atoms with Crippen LogP contribution >= 0.6 is 11.6 Å². The normalized spacial score (nSPS) is 10.9. The van der Waals surface area contributed by atoms with Crippen molar-refractivity contribution in [3.05, 3.63) is 28.8 Å². The van der Waals surface area contributed by atoms with Gasteiger partial charge < -0.3 is 4.74 Å². The molecule has 5 heteroatoms. The fraction of sp³-hybridized carbons (Fsp3) is 0.417. The Hall–Kier alpha value is -1.42. The molecule has 1 amide bonds. The lowest BCUT2D eigenvalue weighted by atomic mass is 10.2. The van der Waals surface area contributed by atoms with Crippen molar-refractivity contribution >= 4 is 23.4 Å². The third-order valence-corrected chi connectivity index (χ3v) is 2.29. The van der Waals surface area contributed by atoms with Crippen LogP contribution in [0.3, 0.4) is 0 Å². The Balaban J connectivity index is 2.50. The number of rotatable bonds is 2. The number of benzene rings is 1. The van der Waals surface area contributed by atoms with E-state index in [1.807, 2.05) is 13.0 Å². The Bertz CT molecular complexity index is 413. The molecule has 0 radical (unpaired) electrons. The van der Waals surface area contributed by atoms with E-state index in [2.05, 4.69) is 10.9 Å². The SMILES string of the molecule is Cc1cc(NNC(=O)OC(C)(C)C)ccc1Cl. The number of hydrogen-bond acceptors (Lipinski definition) is 3. The third-order valence-electron chi connectivity index (χ3n) is 1.87. The highest BCUT2D eigenvalue weighted by molar-refractivity contribution is 6.31. The summed E-state index contributed by atoms with van der Waals surface area (Å²) in [5.74, 6) is 0. The van der Waals surface area contributed by atoms with Crippen LogP contribution in [-0.2, 0) is 4.74 Å². The van der Waals surface area contributed by atoms with Crippen molar-refractivity contribution in [2.75, 3.05) is 5.43 Å². The maximum Gasteiger partial charge on any atom is 0.426 e. The van der Waals surface area contributed by atoms with Crippen LogP contribution in [0.5, 0.6) is 0 Å². The van der Waals surface area contributed by atoms with Crippen LogP contribution in [-0.4, -0.2) is 11.7 Å². The van der Waals surface area contributed by atoms with Crippen molar-refractivity contribution < 1.29 is 9.53 Å². The Morgan fingerprint density at radius 1 is 1.35 bits per heavy atom. The summed E-state index contributed by atoms with van der Waals surface area (Å²) in [4.78, 5) is 11.4. The maximum absolute atomic E-state index is 11.4. The Morgan fingerprint density at radius 2 is 2.00 bits per heavy atom. The highest BCUT2D eigenvalue weighted by atomic mass is 35.5. The van der Waals surface area contributed by atoms with Crippen molar-refractivity contribution in [1.82, 2.24) is 5.43 Å². The average Bonchev–Trinajstić information content (AvgIpc) is 2.17. The highest BCUT2D eigenvalue weighted by Gasteiger charge is 2.15. The van der Waals surface area contributed by atoms with Gasteiger partial charge in [0.2, 0.25) is 0 Å². The number of hydrazine groups is 1. The molecular weight excluding hydrogens is 240 g/mol. The van der Waals surface area contributed by atoms with Crippen LogP contribution < -0.4 is 10.9 Å². The van der Waals surface area contributed by atoms with Crippen LogP contribution in [0.1, 0.15) is 26.3 Å². The highest BCUT2D eigenvalue weighted by Crippen LogP contribution is 2.18. The first-order valence-corrected chi connectivity index (χ1v) is 5.67. The fourth-order valence-corrected chi connectivity index (χ4v) is 1.27. The molecule has 0 saturated heterocycles. The molecule has 94 valence electrons. The molecule has 1 aromatic rings. The van der Waals surface area contributed by atoms with Gasteiger partial charge in [-0.25, -0.2) is 10.2 Å². The smallest absolute Gasteiger partial charge is 0.426 e. The summed E-state index contributed by atoms with van der Waals surface area (Å²) in [5.41, 5.74) is 6.37. The predicted octanol–water partition coefficient (Wildman–Crippen LogP) is 3.50. The molecule has 0 aliphatic carbocycles. The summed E-state index contributed by atoms with van der Waals surface area (Å²) >= 11 is 5.89. The van der Waals surface area contributed by atoms with E-state index < -0.39 is 11.7 Å². The van der Waals surface area contributed by atoms with Crippen molar-refractivity contribution in [3.63, 3.8) is 0 Å². The standard InChI is InChI=1S/C12H17ClN2O2/c1-8-7-9(5-6-10(8)13)14-15-11(16)17-12(2,3)4/h5-7,14H,1-4H3,(H,15,16). The molecule has 4 nitrogen and oxygen atoms in total. The summed E-state index contributed by atoms with van der Waals surface area (Å²) in [5, 5.41) is 0.688. The van der Waals surface area contributed by atoms with E-state index in [1.54, 1.807) is 32.9 Å². The molecule has 17 heavy (non-hydrogen) atoms. The Morgan fingerprint density at radius 3 is 2.53 bits per heavy atom. The minimum Gasteiger partial charge on any atom is -0.443 e.